The van der Waals surface area contributed by atoms with E-state index in [0.29, 0.717) is 10.5 Å². The van der Waals surface area contributed by atoms with Gasteiger partial charge in [0.05, 0.1) is 10.1 Å². The fourth-order valence-electron chi connectivity index (χ4n) is 3.59. The Morgan fingerprint density at radius 2 is 1.67 bits per heavy atom. The number of Topliss-reactive ketones (excluding diaryl/α,β-unsaturated/α-hetero) is 1. The molecular formula is C22H25NO3S. The molecule has 1 aliphatic heterocycles. The van der Waals surface area contributed by atoms with Gasteiger partial charge in [-0.3, -0.25) is 4.79 Å². The highest BCUT2D eigenvalue weighted by Crippen LogP contribution is 2.44. The average Bonchev–Trinajstić information content (AvgIpc) is 2.69. The van der Waals surface area contributed by atoms with Crippen LogP contribution in [0.1, 0.15) is 41.7 Å². The van der Waals surface area contributed by atoms with Crippen molar-refractivity contribution in [3.63, 3.8) is 0 Å². The molecule has 0 spiro atoms. The van der Waals surface area contributed by atoms with Crippen LogP contribution < -0.4 is 0 Å². The monoisotopic (exact) mass is 383 g/mol. The molecule has 142 valence electrons. The number of fused-ring (bicyclic) bond motifs is 2. The number of benzene rings is 2. The van der Waals surface area contributed by atoms with Gasteiger partial charge in [0.1, 0.15) is 5.78 Å². The van der Waals surface area contributed by atoms with Gasteiger partial charge in [0, 0.05) is 18.5 Å². The number of rotatable bonds is 5. The van der Waals surface area contributed by atoms with E-state index in [1.165, 1.54) is 6.92 Å². The van der Waals surface area contributed by atoms with Crippen molar-refractivity contribution in [1.82, 2.24) is 4.90 Å². The van der Waals surface area contributed by atoms with Crippen LogP contribution in [-0.2, 0) is 14.6 Å². The van der Waals surface area contributed by atoms with E-state index in [9.17, 15) is 13.2 Å². The maximum Gasteiger partial charge on any atom is 0.186 e. The first-order chi connectivity index (χ1) is 12.8. The molecule has 1 aliphatic rings. The van der Waals surface area contributed by atoms with Crippen LogP contribution in [0.3, 0.4) is 0 Å². The summed E-state index contributed by atoms with van der Waals surface area (Å²) in [5.41, 5.74) is 3.25. The van der Waals surface area contributed by atoms with Crippen LogP contribution in [0.5, 0.6) is 0 Å². The van der Waals surface area contributed by atoms with Crippen LogP contribution in [0.15, 0.2) is 59.5 Å². The number of carbonyl (C=O) groups excluding carboxylic acids is 1. The Kier molecular flexibility index (Phi) is 5.63. The van der Waals surface area contributed by atoms with Gasteiger partial charge in [0.2, 0.25) is 0 Å². The van der Waals surface area contributed by atoms with Crippen LogP contribution in [0.25, 0.3) is 5.57 Å². The molecule has 3 rings (SSSR count). The average molecular weight is 384 g/mol. The summed E-state index contributed by atoms with van der Waals surface area (Å²) in [5, 5.41) is -0.855. The third kappa shape index (κ3) is 3.89. The summed E-state index contributed by atoms with van der Waals surface area (Å²) in [6.45, 7) is 2.32. The first-order valence-electron chi connectivity index (χ1n) is 9.09. The zero-order valence-corrected chi connectivity index (χ0v) is 16.8. The van der Waals surface area contributed by atoms with Gasteiger partial charge in [-0.15, -0.1) is 0 Å². The SMILES string of the molecule is CC(=O)CC1c2ccccc2/C(=C\CCN(C)C)c2ccccc2S1(=O)=O. The van der Waals surface area contributed by atoms with Crippen molar-refractivity contribution in [3.8, 4) is 0 Å². The van der Waals surface area contributed by atoms with Gasteiger partial charge in [-0.05, 0) is 50.2 Å². The molecule has 0 saturated carbocycles. The van der Waals surface area contributed by atoms with Crippen molar-refractivity contribution in [2.75, 3.05) is 20.6 Å². The Morgan fingerprint density at radius 3 is 2.33 bits per heavy atom. The summed E-state index contributed by atoms with van der Waals surface area (Å²) in [7, 11) is 0.355. The van der Waals surface area contributed by atoms with E-state index in [-0.39, 0.29) is 12.2 Å². The Morgan fingerprint density at radius 1 is 1.04 bits per heavy atom. The first kappa shape index (κ1) is 19.5. The number of sulfone groups is 1. The van der Waals surface area contributed by atoms with Gasteiger partial charge in [0.25, 0.3) is 0 Å². The molecule has 4 nitrogen and oxygen atoms in total. The molecule has 1 unspecified atom stereocenters. The quantitative estimate of drug-likeness (QED) is 0.786. The summed E-state index contributed by atoms with van der Waals surface area (Å²) in [6, 6.07) is 14.7. The molecule has 2 aromatic rings. The Balaban J connectivity index is 2.29. The van der Waals surface area contributed by atoms with Crippen molar-refractivity contribution in [1.29, 1.82) is 0 Å². The predicted octanol–water partition coefficient (Wildman–Crippen LogP) is 3.88. The summed E-state index contributed by atoms with van der Waals surface area (Å²) in [6.07, 6.45) is 2.91. The van der Waals surface area contributed by atoms with Gasteiger partial charge >= 0.3 is 0 Å². The lowest BCUT2D eigenvalue weighted by Gasteiger charge is -2.17. The van der Waals surface area contributed by atoms with E-state index in [4.69, 9.17) is 0 Å². The number of hydrogen-bond acceptors (Lipinski definition) is 4. The largest absolute Gasteiger partial charge is 0.309 e. The normalized spacial score (nSPS) is 19.4. The minimum Gasteiger partial charge on any atom is -0.309 e. The molecule has 0 saturated heterocycles. The van der Waals surface area contributed by atoms with E-state index in [1.54, 1.807) is 12.1 Å². The zero-order chi connectivity index (χ0) is 19.6. The second-order valence-electron chi connectivity index (χ2n) is 7.23. The molecule has 5 heteroatoms. The summed E-state index contributed by atoms with van der Waals surface area (Å²) >= 11 is 0. The lowest BCUT2D eigenvalue weighted by atomic mass is 9.91. The Hall–Kier alpha value is -2.24. The van der Waals surface area contributed by atoms with E-state index in [1.807, 2.05) is 50.5 Å². The summed E-state index contributed by atoms with van der Waals surface area (Å²) < 4.78 is 26.9. The maximum absolute atomic E-state index is 13.5. The number of nitrogens with zero attached hydrogens (tertiary/aromatic N) is 1. The topological polar surface area (TPSA) is 54.5 Å². The van der Waals surface area contributed by atoms with Crippen molar-refractivity contribution >= 4 is 21.2 Å². The molecule has 0 radical (unpaired) electrons. The van der Waals surface area contributed by atoms with Crippen molar-refractivity contribution in [2.45, 2.75) is 29.9 Å². The molecule has 0 amide bonds. The zero-order valence-electron chi connectivity index (χ0n) is 16.0. The summed E-state index contributed by atoms with van der Waals surface area (Å²) in [4.78, 5) is 14.3. The number of hydrogen-bond donors (Lipinski definition) is 0. The third-order valence-corrected chi connectivity index (χ3v) is 6.99. The molecule has 0 bridgehead atoms. The van der Waals surface area contributed by atoms with Crippen LogP contribution >= 0.6 is 0 Å². The first-order valence-corrected chi connectivity index (χ1v) is 10.6. The smallest absolute Gasteiger partial charge is 0.186 e. The highest BCUT2D eigenvalue weighted by Gasteiger charge is 2.37. The lowest BCUT2D eigenvalue weighted by Crippen LogP contribution is -2.16. The summed E-state index contributed by atoms with van der Waals surface area (Å²) in [5.74, 6) is -0.129. The van der Waals surface area contributed by atoms with Crippen LogP contribution in [-0.4, -0.2) is 39.7 Å². The lowest BCUT2D eigenvalue weighted by molar-refractivity contribution is -0.117. The standard InChI is InChI=1S/C22H25NO3S/c1-16(24)15-22-20-11-5-4-9-17(20)18(12-8-14-23(2)3)19-10-6-7-13-21(19)27(22,25)26/h4-7,9-13,22H,8,14-15H2,1-3H3/b18-12+. The van der Waals surface area contributed by atoms with Gasteiger partial charge in [0.15, 0.2) is 9.84 Å². The molecule has 1 atom stereocenters. The van der Waals surface area contributed by atoms with Gasteiger partial charge in [-0.2, -0.15) is 0 Å². The van der Waals surface area contributed by atoms with Crippen molar-refractivity contribution < 1.29 is 13.2 Å². The molecule has 0 fully saturated rings. The molecular weight excluding hydrogens is 358 g/mol. The molecule has 0 aliphatic carbocycles. The van der Waals surface area contributed by atoms with E-state index < -0.39 is 15.1 Å². The van der Waals surface area contributed by atoms with Crippen molar-refractivity contribution in [2.24, 2.45) is 0 Å². The molecule has 1 heterocycles. The highest BCUT2D eigenvalue weighted by atomic mass is 32.2. The van der Waals surface area contributed by atoms with Gasteiger partial charge in [-0.1, -0.05) is 48.5 Å². The second kappa shape index (κ2) is 7.79. The van der Waals surface area contributed by atoms with Gasteiger partial charge < -0.3 is 4.90 Å². The second-order valence-corrected chi connectivity index (χ2v) is 9.33. The van der Waals surface area contributed by atoms with Crippen LogP contribution in [0, 0.1) is 0 Å². The highest BCUT2D eigenvalue weighted by molar-refractivity contribution is 7.91. The minimum absolute atomic E-state index is 0.0152. The molecule has 2 aromatic carbocycles. The predicted molar refractivity (Wildman–Crippen MR) is 108 cm³/mol. The van der Waals surface area contributed by atoms with Crippen molar-refractivity contribution in [3.05, 3.63) is 71.3 Å². The van der Waals surface area contributed by atoms with E-state index in [0.717, 1.165) is 29.7 Å². The maximum atomic E-state index is 13.5. The van der Waals surface area contributed by atoms with Gasteiger partial charge in [-0.25, -0.2) is 8.42 Å². The fraction of sp³-hybridized carbons (Fsp3) is 0.318. The number of ketones is 1. The Bertz CT molecular complexity index is 990. The molecule has 0 N–H and O–H groups in total. The fourth-order valence-corrected chi connectivity index (χ4v) is 5.65. The third-order valence-electron chi connectivity index (χ3n) is 4.85. The Labute approximate surface area is 161 Å². The number of carbonyl (C=O) groups is 1. The minimum atomic E-state index is -3.67. The van der Waals surface area contributed by atoms with E-state index in [2.05, 4.69) is 11.0 Å². The molecule has 27 heavy (non-hydrogen) atoms. The van der Waals surface area contributed by atoms with Crippen LogP contribution in [0.2, 0.25) is 0 Å². The van der Waals surface area contributed by atoms with E-state index >= 15 is 0 Å². The molecule has 0 aromatic heterocycles. The van der Waals surface area contributed by atoms with Crippen LogP contribution in [0.4, 0.5) is 0 Å².